The van der Waals surface area contributed by atoms with Gasteiger partial charge in [-0.2, -0.15) is 0 Å². The number of nitrogens with one attached hydrogen (secondary N) is 1. The van der Waals surface area contributed by atoms with Gasteiger partial charge in [0.05, 0.1) is 6.61 Å². The normalized spacial score (nSPS) is 10.9. The average Bonchev–Trinajstić information content (AvgIpc) is 2.28. The first-order valence-corrected chi connectivity index (χ1v) is 6.51. The van der Waals surface area contributed by atoms with Crippen molar-refractivity contribution in [3.05, 3.63) is 28.8 Å². The van der Waals surface area contributed by atoms with Crippen molar-refractivity contribution >= 4 is 0 Å². The molecule has 0 aliphatic rings. The summed E-state index contributed by atoms with van der Waals surface area (Å²) in [5, 5.41) is 3.20. The summed E-state index contributed by atoms with van der Waals surface area (Å²) in [6.07, 6.45) is 1.08. The fraction of sp³-hybridized carbons (Fsp3) is 0.600. The Labute approximate surface area is 105 Å². The Balaban J connectivity index is 3.05. The van der Waals surface area contributed by atoms with Crippen molar-refractivity contribution in [2.45, 2.75) is 40.0 Å². The molecular weight excluding hydrogens is 210 g/mol. The summed E-state index contributed by atoms with van der Waals surface area (Å²) in [6, 6.07) is 4.49. The number of benzene rings is 1. The van der Waals surface area contributed by atoms with Crippen LogP contribution in [0.2, 0.25) is 0 Å². The molecule has 0 saturated heterocycles. The number of hydrogen-bond donors (Lipinski definition) is 1. The largest absolute Gasteiger partial charge is 0.494 e. The van der Waals surface area contributed by atoms with Gasteiger partial charge in [0.15, 0.2) is 0 Å². The summed E-state index contributed by atoms with van der Waals surface area (Å²) >= 11 is 0. The van der Waals surface area contributed by atoms with Crippen molar-refractivity contribution in [3.63, 3.8) is 0 Å². The van der Waals surface area contributed by atoms with Gasteiger partial charge in [0.1, 0.15) is 5.75 Å². The molecule has 1 aromatic carbocycles. The highest BCUT2D eigenvalue weighted by Crippen LogP contribution is 2.30. The van der Waals surface area contributed by atoms with Gasteiger partial charge in [0, 0.05) is 0 Å². The fourth-order valence-electron chi connectivity index (χ4n) is 2.01. The Bertz CT molecular complexity index is 358. The van der Waals surface area contributed by atoms with Crippen molar-refractivity contribution in [2.75, 3.05) is 20.2 Å². The van der Waals surface area contributed by atoms with Crippen LogP contribution in [-0.2, 0) is 6.42 Å². The summed E-state index contributed by atoms with van der Waals surface area (Å²) in [5.74, 6) is 1.55. The highest BCUT2D eigenvalue weighted by atomic mass is 16.5. The molecule has 0 spiro atoms. The van der Waals surface area contributed by atoms with E-state index in [9.17, 15) is 0 Å². The lowest BCUT2D eigenvalue weighted by Crippen LogP contribution is -2.11. The van der Waals surface area contributed by atoms with Crippen LogP contribution in [0.1, 0.15) is 43.4 Å². The molecule has 0 fully saturated rings. The van der Waals surface area contributed by atoms with Crippen LogP contribution in [0.4, 0.5) is 0 Å². The third-order valence-electron chi connectivity index (χ3n) is 3.03. The van der Waals surface area contributed by atoms with Gasteiger partial charge in [-0.05, 0) is 62.5 Å². The van der Waals surface area contributed by atoms with Crippen LogP contribution in [0.15, 0.2) is 12.1 Å². The predicted molar refractivity (Wildman–Crippen MR) is 74.1 cm³/mol. The second-order valence-corrected chi connectivity index (χ2v) is 4.76. The van der Waals surface area contributed by atoms with Crippen LogP contribution in [0.5, 0.6) is 5.75 Å². The molecule has 2 heteroatoms. The van der Waals surface area contributed by atoms with Gasteiger partial charge in [-0.25, -0.2) is 0 Å². The van der Waals surface area contributed by atoms with Crippen LogP contribution in [0.25, 0.3) is 0 Å². The number of likely N-dealkylation sites (N-methyl/N-ethyl adjacent to an activating group) is 1. The molecule has 17 heavy (non-hydrogen) atoms. The van der Waals surface area contributed by atoms with Crippen molar-refractivity contribution in [1.29, 1.82) is 0 Å². The van der Waals surface area contributed by atoms with Gasteiger partial charge in [-0.1, -0.05) is 19.9 Å². The highest BCUT2D eigenvalue weighted by molar-refractivity contribution is 5.44. The van der Waals surface area contributed by atoms with Gasteiger partial charge in [0.25, 0.3) is 0 Å². The van der Waals surface area contributed by atoms with E-state index < -0.39 is 0 Å². The quantitative estimate of drug-likeness (QED) is 0.817. The van der Waals surface area contributed by atoms with Gasteiger partial charge < -0.3 is 10.1 Å². The van der Waals surface area contributed by atoms with E-state index in [0.717, 1.165) is 25.3 Å². The van der Waals surface area contributed by atoms with E-state index in [1.165, 1.54) is 16.7 Å². The number of ether oxygens (including phenoxy) is 1. The molecule has 0 aromatic heterocycles. The van der Waals surface area contributed by atoms with Crippen molar-refractivity contribution < 1.29 is 4.74 Å². The van der Waals surface area contributed by atoms with Crippen molar-refractivity contribution in [2.24, 2.45) is 0 Å². The Hall–Kier alpha value is -1.02. The van der Waals surface area contributed by atoms with Crippen LogP contribution < -0.4 is 10.1 Å². The van der Waals surface area contributed by atoms with Crippen LogP contribution in [-0.4, -0.2) is 20.2 Å². The van der Waals surface area contributed by atoms with E-state index >= 15 is 0 Å². The van der Waals surface area contributed by atoms with Gasteiger partial charge in [0.2, 0.25) is 0 Å². The molecule has 0 aliphatic heterocycles. The molecule has 1 N–H and O–H groups in total. The first kappa shape index (κ1) is 14.0. The Morgan fingerprint density at radius 2 is 2.00 bits per heavy atom. The molecule has 0 bridgehead atoms. The molecule has 96 valence electrons. The first-order chi connectivity index (χ1) is 8.10. The molecule has 1 aromatic rings. The van der Waals surface area contributed by atoms with Gasteiger partial charge >= 0.3 is 0 Å². The third kappa shape index (κ3) is 3.74. The summed E-state index contributed by atoms with van der Waals surface area (Å²) < 4.78 is 5.72. The summed E-state index contributed by atoms with van der Waals surface area (Å²) in [4.78, 5) is 0. The summed E-state index contributed by atoms with van der Waals surface area (Å²) in [5.41, 5.74) is 4.07. The fourth-order valence-corrected chi connectivity index (χ4v) is 2.01. The number of aryl methyl sites for hydroxylation is 1. The van der Waals surface area contributed by atoms with Crippen LogP contribution >= 0.6 is 0 Å². The minimum absolute atomic E-state index is 0.505. The van der Waals surface area contributed by atoms with Crippen molar-refractivity contribution in [3.8, 4) is 5.75 Å². The second-order valence-electron chi connectivity index (χ2n) is 4.76. The maximum absolute atomic E-state index is 5.72. The van der Waals surface area contributed by atoms with E-state index in [4.69, 9.17) is 4.74 Å². The maximum atomic E-state index is 5.72. The molecule has 0 atom stereocenters. The predicted octanol–water partition coefficient (Wildman–Crippen LogP) is 3.28. The number of hydrogen-bond acceptors (Lipinski definition) is 2. The van der Waals surface area contributed by atoms with Crippen molar-refractivity contribution in [1.82, 2.24) is 5.32 Å². The third-order valence-corrected chi connectivity index (χ3v) is 3.03. The SMILES string of the molecule is CCOc1cc(C)c(CCNC)cc1C(C)C. The van der Waals surface area contributed by atoms with E-state index in [0.29, 0.717) is 5.92 Å². The zero-order chi connectivity index (χ0) is 12.8. The smallest absolute Gasteiger partial charge is 0.123 e. The van der Waals surface area contributed by atoms with Crippen LogP contribution in [0.3, 0.4) is 0 Å². The van der Waals surface area contributed by atoms with E-state index in [2.05, 4.69) is 38.2 Å². The summed E-state index contributed by atoms with van der Waals surface area (Å²) in [6.45, 7) is 10.4. The second kappa shape index (κ2) is 6.65. The highest BCUT2D eigenvalue weighted by Gasteiger charge is 2.11. The monoisotopic (exact) mass is 235 g/mol. The lowest BCUT2D eigenvalue weighted by atomic mass is 9.95. The molecule has 0 heterocycles. The van der Waals surface area contributed by atoms with Gasteiger partial charge in [-0.15, -0.1) is 0 Å². The zero-order valence-electron chi connectivity index (χ0n) is 11.8. The average molecular weight is 235 g/mol. The number of rotatable bonds is 6. The lowest BCUT2D eigenvalue weighted by molar-refractivity contribution is 0.335. The Morgan fingerprint density at radius 1 is 1.29 bits per heavy atom. The van der Waals surface area contributed by atoms with Crippen LogP contribution in [0, 0.1) is 6.92 Å². The van der Waals surface area contributed by atoms with E-state index in [1.807, 2.05) is 14.0 Å². The minimum atomic E-state index is 0.505. The topological polar surface area (TPSA) is 21.3 Å². The summed E-state index contributed by atoms with van der Waals surface area (Å²) in [7, 11) is 1.99. The molecular formula is C15H25NO. The van der Waals surface area contributed by atoms with E-state index in [-0.39, 0.29) is 0 Å². The lowest BCUT2D eigenvalue weighted by Gasteiger charge is -2.17. The molecule has 0 amide bonds. The molecule has 0 unspecified atom stereocenters. The van der Waals surface area contributed by atoms with E-state index in [1.54, 1.807) is 0 Å². The first-order valence-electron chi connectivity index (χ1n) is 6.51. The molecule has 0 saturated carbocycles. The molecule has 0 radical (unpaired) electrons. The standard InChI is InChI=1S/C15H25NO/c1-6-17-15-9-12(4)13(7-8-16-5)10-14(15)11(2)3/h9-11,16H,6-8H2,1-5H3. The minimum Gasteiger partial charge on any atom is -0.494 e. The van der Waals surface area contributed by atoms with Gasteiger partial charge in [-0.3, -0.25) is 0 Å². The molecule has 0 aliphatic carbocycles. The zero-order valence-corrected chi connectivity index (χ0v) is 11.8. The Morgan fingerprint density at radius 3 is 2.53 bits per heavy atom. The molecule has 2 nitrogen and oxygen atoms in total. The Kier molecular flexibility index (Phi) is 5.49. The maximum Gasteiger partial charge on any atom is 0.123 e. The molecule has 1 rings (SSSR count).